The zero-order chi connectivity index (χ0) is 18.7. The molecule has 138 valence electrons. The Hall–Kier alpha value is -2.58. The minimum absolute atomic E-state index is 0.0215. The van der Waals surface area contributed by atoms with Gasteiger partial charge in [0.2, 0.25) is 6.29 Å². The summed E-state index contributed by atoms with van der Waals surface area (Å²) in [5, 5.41) is 47.9. The van der Waals surface area contributed by atoms with E-state index in [1.54, 1.807) is 36.4 Å². The number of aliphatic hydroxyl groups is 3. The van der Waals surface area contributed by atoms with Gasteiger partial charge in [-0.1, -0.05) is 24.3 Å². The van der Waals surface area contributed by atoms with Crippen LogP contribution in [-0.4, -0.2) is 56.7 Å². The molecular formula is C19H20O7. The number of rotatable bonds is 4. The molecule has 1 aliphatic heterocycles. The zero-order valence-corrected chi connectivity index (χ0v) is 13.8. The molecule has 1 heterocycles. The second-order valence-electron chi connectivity index (χ2n) is 6.05. The molecule has 2 aromatic rings. The van der Waals surface area contributed by atoms with E-state index in [2.05, 4.69) is 0 Å². The van der Waals surface area contributed by atoms with E-state index in [9.17, 15) is 25.5 Å². The molecule has 0 bridgehead atoms. The maximum absolute atomic E-state index is 9.87. The summed E-state index contributed by atoms with van der Waals surface area (Å²) in [4.78, 5) is 0. The minimum atomic E-state index is -1.35. The molecular weight excluding hydrogens is 340 g/mol. The van der Waals surface area contributed by atoms with Gasteiger partial charge in [0, 0.05) is 6.07 Å². The Morgan fingerprint density at radius 2 is 1.46 bits per heavy atom. The molecule has 1 aliphatic rings. The molecule has 4 atom stereocenters. The Morgan fingerprint density at radius 1 is 0.846 bits per heavy atom. The fourth-order valence-corrected chi connectivity index (χ4v) is 2.58. The van der Waals surface area contributed by atoms with Crippen LogP contribution in [0, 0.1) is 0 Å². The number of aromatic hydroxyl groups is 2. The summed E-state index contributed by atoms with van der Waals surface area (Å²) in [5.41, 5.74) is 1.50. The second kappa shape index (κ2) is 7.76. The van der Waals surface area contributed by atoms with Crippen molar-refractivity contribution in [2.24, 2.45) is 0 Å². The smallest absolute Gasteiger partial charge is 0.228 e. The van der Waals surface area contributed by atoms with Crippen molar-refractivity contribution in [3.05, 3.63) is 53.6 Å². The molecule has 0 amide bonds. The van der Waals surface area contributed by atoms with Crippen LogP contribution >= 0.6 is 0 Å². The van der Waals surface area contributed by atoms with Crippen LogP contribution in [0.25, 0.3) is 12.2 Å². The molecule has 0 radical (unpaired) electrons. The Kier molecular flexibility index (Phi) is 5.43. The van der Waals surface area contributed by atoms with Crippen LogP contribution < -0.4 is 4.74 Å². The first kappa shape index (κ1) is 18.2. The average molecular weight is 360 g/mol. The first-order chi connectivity index (χ1) is 12.4. The fraction of sp³-hybridized carbons (Fsp3) is 0.263. The van der Waals surface area contributed by atoms with Gasteiger partial charge in [0.15, 0.2) is 0 Å². The number of benzene rings is 2. The largest absolute Gasteiger partial charge is 0.508 e. The van der Waals surface area contributed by atoms with E-state index < -0.39 is 24.6 Å². The summed E-state index contributed by atoms with van der Waals surface area (Å²) < 4.78 is 10.7. The van der Waals surface area contributed by atoms with E-state index in [-0.39, 0.29) is 18.1 Å². The summed E-state index contributed by atoms with van der Waals surface area (Å²) in [6, 6.07) is 11.2. The van der Waals surface area contributed by atoms with Gasteiger partial charge in [0.1, 0.15) is 35.6 Å². The third-order valence-electron chi connectivity index (χ3n) is 3.98. The van der Waals surface area contributed by atoms with Crippen molar-refractivity contribution in [1.82, 2.24) is 0 Å². The molecule has 4 unspecified atom stereocenters. The molecule has 7 nitrogen and oxygen atoms in total. The van der Waals surface area contributed by atoms with Gasteiger partial charge in [0.25, 0.3) is 0 Å². The zero-order valence-electron chi connectivity index (χ0n) is 13.8. The molecule has 7 heteroatoms. The standard InChI is InChI=1S/C19H20O7/c20-13-7-12(8-14(21)9-13)2-1-11-3-5-15(6-4-11)26-19-18(24)17(23)16(22)10-25-19/h1-9,16-24H,10H2/b2-1+. The Labute approximate surface area is 150 Å². The highest BCUT2D eigenvalue weighted by molar-refractivity contribution is 5.71. The first-order valence-electron chi connectivity index (χ1n) is 8.06. The molecule has 2 aromatic carbocycles. The maximum atomic E-state index is 9.87. The molecule has 26 heavy (non-hydrogen) atoms. The van der Waals surface area contributed by atoms with E-state index in [4.69, 9.17) is 9.47 Å². The van der Waals surface area contributed by atoms with Crippen LogP contribution in [0.3, 0.4) is 0 Å². The van der Waals surface area contributed by atoms with E-state index in [1.165, 1.54) is 18.2 Å². The average Bonchev–Trinajstić information content (AvgIpc) is 2.61. The van der Waals surface area contributed by atoms with E-state index in [0.29, 0.717) is 11.3 Å². The SMILES string of the molecule is Oc1cc(O)cc(/C=C/c2ccc(OC3OCC(O)C(O)C3O)cc2)c1. The minimum Gasteiger partial charge on any atom is -0.508 e. The van der Waals surface area contributed by atoms with Gasteiger partial charge in [-0.15, -0.1) is 0 Å². The predicted octanol–water partition coefficient (Wildman–Crippen LogP) is 1.09. The van der Waals surface area contributed by atoms with Crippen molar-refractivity contribution >= 4 is 12.2 Å². The van der Waals surface area contributed by atoms with Crippen molar-refractivity contribution in [2.75, 3.05) is 6.61 Å². The lowest BCUT2D eigenvalue weighted by molar-refractivity contribution is -0.242. The quantitative estimate of drug-likeness (QED) is 0.518. The Balaban J connectivity index is 1.64. The summed E-state index contributed by atoms with van der Waals surface area (Å²) in [5.74, 6) is 0.392. The molecule has 1 saturated heterocycles. The van der Waals surface area contributed by atoms with E-state index in [0.717, 1.165) is 5.56 Å². The van der Waals surface area contributed by atoms with Crippen LogP contribution in [-0.2, 0) is 4.74 Å². The lowest BCUT2D eigenvalue weighted by Gasteiger charge is -2.34. The highest BCUT2D eigenvalue weighted by atomic mass is 16.7. The Bertz CT molecular complexity index is 752. The summed E-state index contributed by atoms with van der Waals surface area (Å²) in [6.45, 7) is -0.125. The topological polar surface area (TPSA) is 120 Å². The monoisotopic (exact) mass is 360 g/mol. The maximum Gasteiger partial charge on any atom is 0.228 e. The summed E-state index contributed by atoms with van der Waals surface area (Å²) >= 11 is 0. The molecule has 3 rings (SSSR count). The fourth-order valence-electron chi connectivity index (χ4n) is 2.58. The van der Waals surface area contributed by atoms with Gasteiger partial charge in [0.05, 0.1) is 6.61 Å². The van der Waals surface area contributed by atoms with Gasteiger partial charge in [-0.2, -0.15) is 0 Å². The van der Waals surface area contributed by atoms with Crippen molar-refractivity contribution < 1.29 is 35.0 Å². The Morgan fingerprint density at radius 3 is 2.12 bits per heavy atom. The number of aliphatic hydroxyl groups excluding tert-OH is 3. The van der Waals surface area contributed by atoms with E-state index >= 15 is 0 Å². The predicted molar refractivity (Wildman–Crippen MR) is 93.5 cm³/mol. The first-order valence-corrected chi connectivity index (χ1v) is 8.06. The number of hydrogen-bond acceptors (Lipinski definition) is 7. The van der Waals surface area contributed by atoms with Crippen LogP contribution in [0.4, 0.5) is 0 Å². The van der Waals surface area contributed by atoms with Gasteiger partial charge >= 0.3 is 0 Å². The third kappa shape index (κ3) is 4.33. The van der Waals surface area contributed by atoms with Crippen molar-refractivity contribution in [3.63, 3.8) is 0 Å². The summed E-state index contributed by atoms with van der Waals surface area (Å²) in [7, 11) is 0. The van der Waals surface area contributed by atoms with Crippen LogP contribution in [0.15, 0.2) is 42.5 Å². The van der Waals surface area contributed by atoms with Gasteiger partial charge in [-0.05, 0) is 35.4 Å². The summed E-state index contributed by atoms with van der Waals surface area (Å²) in [6.07, 6.45) is -1.35. The number of hydrogen-bond donors (Lipinski definition) is 5. The van der Waals surface area contributed by atoms with E-state index in [1.807, 2.05) is 0 Å². The van der Waals surface area contributed by atoms with Crippen LogP contribution in [0.5, 0.6) is 17.2 Å². The van der Waals surface area contributed by atoms with Gasteiger partial charge in [-0.25, -0.2) is 0 Å². The van der Waals surface area contributed by atoms with Gasteiger partial charge in [-0.3, -0.25) is 0 Å². The number of ether oxygens (including phenoxy) is 2. The highest BCUT2D eigenvalue weighted by Gasteiger charge is 2.38. The van der Waals surface area contributed by atoms with Crippen LogP contribution in [0.2, 0.25) is 0 Å². The second-order valence-corrected chi connectivity index (χ2v) is 6.05. The molecule has 0 saturated carbocycles. The molecule has 0 aliphatic carbocycles. The van der Waals surface area contributed by atoms with Crippen molar-refractivity contribution in [2.45, 2.75) is 24.6 Å². The third-order valence-corrected chi connectivity index (χ3v) is 3.98. The molecule has 1 fully saturated rings. The molecule has 0 aromatic heterocycles. The lowest BCUT2D eigenvalue weighted by atomic mass is 10.1. The van der Waals surface area contributed by atoms with Crippen molar-refractivity contribution in [3.8, 4) is 17.2 Å². The normalized spacial score (nSPS) is 26.1. The number of phenols is 2. The molecule has 5 N–H and O–H groups in total. The number of phenolic OH excluding ortho intramolecular Hbond substituents is 2. The van der Waals surface area contributed by atoms with Gasteiger partial charge < -0.3 is 35.0 Å². The lowest BCUT2D eigenvalue weighted by Crippen LogP contribution is -2.54. The van der Waals surface area contributed by atoms with Crippen molar-refractivity contribution in [1.29, 1.82) is 0 Å². The van der Waals surface area contributed by atoms with Crippen LogP contribution in [0.1, 0.15) is 11.1 Å². The highest BCUT2D eigenvalue weighted by Crippen LogP contribution is 2.23. The molecule has 0 spiro atoms.